The fraction of sp³-hybridized carbons (Fsp3) is 0.214. The Balaban J connectivity index is 2.20. The summed E-state index contributed by atoms with van der Waals surface area (Å²) in [6, 6.07) is 5.00. The summed E-state index contributed by atoms with van der Waals surface area (Å²) in [6.07, 6.45) is 0. The van der Waals surface area contributed by atoms with E-state index >= 15 is 0 Å². The zero-order valence-corrected chi connectivity index (χ0v) is 12.5. The number of nitrogens with one attached hydrogen (secondary N) is 1. The van der Waals surface area contributed by atoms with Gasteiger partial charge in [0.2, 0.25) is 5.91 Å². The molecular formula is C14H15N3O3S. The van der Waals surface area contributed by atoms with Crippen LogP contribution in [0.2, 0.25) is 0 Å². The lowest BCUT2D eigenvalue weighted by Gasteiger charge is -2.09. The molecule has 0 fully saturated rings. The lowest BCUT2D eigenvalue weighted by Crippen LogP contribution is -2.09. The molecule has 7 heteroatoms. The van der Waals surface area contributed by atoms with Crippen LogP contribution in [0.3, 0.4) is 0 Å². The van der Waals surface area contributed by atoms with E-state index in [0.717, 1.165) is 16.0 Å². The SMILES string of the molecule is Cc1cc(NCc2cc(C(N)=O)cs2)c([N+](=O)[O-])cc1C. The Hall–Kier alpha value is -2.41. The highest BCUT2D eigenvalue weighted by molar-refractivity contribution is 7.10. The van der Waals surface area contributed by atoms with Gasteiger partial charge in [-0.25, -0.2) is 0 Å². The highest BCUT2D eigenvalue weighted by Gasteiger charge is 2.15. The summed E-state index contributed by atoms with van der Waals surface area (Å²) in [6.45, 7) is 4.15. The molecule has 0 unspecified atom stereocenters. The average Bonchev–Trinajstić information content (AvgIpc) is 2.88. The first-order valence-corrected chi connectivity index (χ1v) is 7.13. The van der Waals surface area contributed by atoms with E-state index < -0.39 is 10.8 Å². The highest BCUT2D eigenvalue weighted by atomic mass is 32.1. The Morgan fingerprint density at radius 1 is 1.33 bits per heavy atom. The third kappa shape index (κ3) is 3.38. The first-order chi connectivity index (χ1) is 9.88. The smallest absolute Gasteiger partial charge is 0.292 e. The Morgan fingerprint density at radius 3 is 2.57 bits per heavy atom. The second-order valence-corrected chi connectivity index (χ2v) is 5.73. The number of nitro groups is 1. The van der Waals surface area contributed by atoms with Gasteiger partial charge in [-0.1, -0.05) is 0 Å². The zero-order chi connectivity index (χ0) is 15.6. The maximum Gasteiger partial charge on any atom is 0.292 e. The molecule has 0 radical (unpaired) electrons. The van der Waals surface area contributed by atoms with Crippen LogP contribution in [-0.4, -0.2) is 10.8 Å². The van der Waals surface area contributed by atoms with Gasteiger partial charge in [-0.15, -0.1) is 11.3 Å². The van der Waals surface area contributed by atoms with Crippen molar-refractivity contribution in [2.45, 2.75) is 20.4 Å². The van der Waals surface area contributed by atoms with Crippen LogP contribution in [0.15, 0.2) is 23.6 Å². The van der Waals surface area contributed by atoms with Crippen molar-refractivity contribution in [3.63, 3.8) is 0 Å². The number of anilines is 1. The average molecular weight is 305 g/mol. The largest absolute Gasteiger partial charge is 0.375 e. The van der Waals surface area contributed by atoms with Crippen molar-refractivity contribution >= 4 is 28.6 Å². The number of carbonyl (C=O) groups excluding carboxylic acids is 1. The molecule has 0 aliphatic heterocycles. The summed E-state index contributed by atoms with van der Waals surface area (Å²) < 4.78 is 0. The highest BCUT2D eigenvalue weighted by Crippen LogP contribution is 2.28. The Kier molecular flexibility index (Phi) is 4.23. The van der Waals surface area contributed by atoms with Gasteiger partial charge in [0, 0.05) is 22.9 Å². The predicted molar refractivity (Wildman–Crippen MR) is 82.7 cm³/mol. The molecule has 6 nitrogen and oxygen atoms in total. The minimum Gasteiger partial charge on any atom is -0.375 e. The van der Waals surface area contributed by atoms with Gasteiger partial charge >= 0.3 is 0 Å². The van der Waals surface area contributed by atoms with Gasteiger partial charge in [0.1, 0.15) is 5.69 Å². The molecule has 0 atom stereocenters. The number of hydrogen-bond donors (Lipinski definition) is 2. The van der Waals surface area contributed by atoms with E-state index in [2.05, 4.69) is 5.32 Å². The number of benzene rings is 1. The first kappa shape index (κ1) is 15.0. The van der Waals surface area contributed by atoms with Crippen LogP contribution in [0.1, 0.15) is 26.4 Å². The molecule has 2 rings (SSSR count). The number of amides is 1. The Bertz CT molecular complexity index is 709. The molecule has 0 saturated heterocycles. The maximum absolute atomic E-state index is 11.1. The van der Waals surface area contributed by atoms with E-state index in [4.69, 9.17) is 5.73 Å². The molecule has 1 amide bonds. The number of nitrogens with zero attached hydrogens (tertiary/aromatic N) is 1. The molecule has 3 N–H and O–H groups in total. The number of rotatable bonds is 5. The Labute approximate surface area is 125 Å². The van der Waals surface area contributed by atoms with E-state index in [0.29, 0.717) is 17.8 Å². The number of aryl methyl sites for hydroxylation is 2. The van der Waals surface area contributed by atoms with Crippen molar-refractivity contribution in [2.75, 3.05) is 5.32 Å². The van der Waals surface area contributed by atoms with E-state index in [1.54, 1.807) is 23.6 Å². The molecule has 0 aliphatic rings. The third-order valence-electron chi connectivity index (χ3n) is 3.20. The van der Waals surface area contributed by atoms with Gasteiger partial charge in [0.05, 0.1) is 10.5 Å². The molecule has 1 aromatic carbocycles. The fourth-order valence-corrected chi connectivity index (χ4v) is 2.69. The van der Waals surface area contributed by atoms with Crippen molar-refractivity contribution in [1.29, 1.82) is 0 Å². The summed E-state index contributed by atoms with van der Waals surface area (Å²) in [7, 11) is 0. The zero-order valence-electron chi connectivity index (χ0n) is 11.7. The standard InChI is InChI=1S/C14H15N3O3S/c1-8-3-12(13(17(19)20)4-9(8)2)16-6-11-5-10(7-21-11)14(15)18/h3-5,7,16H,6H2,1-2H3,(H2,15,18). The van der Waals surface area contributed by atoms with Crippen molar-refractivity contribution in [2.24, 2.45) is 5.73 Å². The summed E-state index contributed by atoms with van der Waals surface area (Å²) in [5.74, 6) is -0.477. The van der Waals surface area contributed by atoms with E-state index in [1.807, 2.05) is 13.8 Å². The number of nitrogens with two attached hydrogens (primary N) is 1. The minimum absolute atomic E-state index is 0.0461. The second kappa shape index (κ2) is 5.92. The number of carbonyl (C=O) groups is 1. The lowest BCUT2D eigenvalue weighted by molar-refractivity contribution is -0.384. The molecule has 0 saturated carbocycles. The molecule has 1 heterocycles. The second-order valence-electron chi connectivity index (χ2n) is 4.73. The molecular weight excluding hydrogens is 290 g/mol. The van der Waals surface area contributed by atoms with Crippen molar-refractivity contribution < 1.29 is 9.72 Å². The normalized spacial score (nSPS) is 10.4. The minimum atomic E-state index is -0.477. The Morgan fingerprint density at radius 2 is 2.00 bits per heavy atom. The number of nitro benzene ring substituents is 1. The summed E-state index contributed by atoms with van der Waals surface area (Å²) in [4.78, 5) is 22.6. The summed E-state index contributed by atoms with van der Waals surface area (Å²) in [5, 5.41) is 15.8. The van der Waals surface area contributed by atoms with Gasteiger partial charge in [-0.3, -0.25) is 14.9 Å². The van der Waals surface area contributed by atoms with Gasteiger partial charge < -0.3 is 11.1 Å². The van der Waals surface area contributed by atoms with Crippen LogP contribution in [0.25, 0.3) is 0 Å². The maximum atomic E-state index is 11.1. The lowest BCUT2D eigenvalue weighted by atomic mass is 10.1. The number of hydrogen-bond acceptors (Lipinski definition) is 5. The molecule has 0 spiro atoms. The predicted octanol–water partition coefficient (Wildman–Crippen LogP) is 2.98. The third-order valence-corrected chi connectivity index (χ3v) is 4.14. The monoisotopic (exact) mass is 305 g/mol. The van der Waals surface area contributed by atoms with E-state index in [-0.39, 0.29) is 5.69 Å². The summed E-state index contributed by atoms with van der Waals surface area (Å²) >= 11 is 1.39. The molecule has 110 valence electrons. The number of thiophene rings is 1. The van der Waals surface area contributed by atoms with Gasteiger partial charge in [-0.2, -0.15) is 0 Å². The molecule has 21 heavy (non-hydrogen) atoms. The fourth-order valence-electron chi connectivity index (χ4n) is 1.88. The van der Waals surface area contributed by atoms with Crippen LogP contribution in [0.4, 0.5) is 11.4 Å². The van der Waals surface area contributed by atoms with Crippen LogP contribution in [0, 0.1) is 24.0 Å². The van der Waals surface area contributed by atoms with Crippen molar-refractivity contribution in [3.05, 3.63) is 55.3 Å². The van der Waals surface area contributed by atoms with Crippen LogP contribution in [0.5, 0.6) is 0 Å². The molecule has 1 aromatic heterocycles. The van der Waals surface area contributed by atoms with Gasteiger partial charge in [-0.05, 0) is 37.1 Å². The molecule has 0 bridgehead atoms. The number of primary amides is 1. The molecule has 2 aromatic rings. The van der Waals surface area contributed by atoms with Gasteiger partial charge in [0.25, 0.3) is 5.69 Å². The van der Waals surface area contributed by atoms with Crippen molar-refractivity contribution in [3.8, 4) is 0 Å². The van der Waals surface area contributed by atoms with E-state index in [9.17, 15) is 14.9 Å². The van der Waals surface area contributed by atoms with Crippen LogP contribution >= 0.6 is 11.3 Å². The van der Waals surface area contributed by atoms with Crippen molar-refractivity contribution in [1.82, 2.24) is 0 Å². The molecule has 0 aliphatic carbocycles. The summed E-state index contributed by atoms with van der Waals surface area (Å²) in [5.41, 5.74) is 8.01. The van der Waals surface area contributed by atoms with Crippen LogP contribution in [-0.2, 0) is 6.54 Å². The first-order valence-electron chi connectivity index (χ1n) is 6.25. The van der Waals surface area contributed by atoms with Gasteiger partial charge in [0.15, 0.2) is 0 Å². The van der Waals surface area contributed by atoms with E-state index in [1.165, 1.54) is 11.3 Å². The topological polar surface area (TPSA) is 98.3 Å². The quantitative estimate of drug-likeness (QED) is 0.655. The van der Waals surface area contributed by atoms with Crippen LogP contribution < -0.4 is 11.1 Å².